The lowest BCUT2D eigenvalue weighted by atomic mass is 10.0. The molecule has 2 N–H and O–H groups in total. The maximum absolute atomic E-state index is 13.2. The summed E-state index contributed by atoms with van der Waals surface area (Å²) in [6.07, 6.45) is 0.183. The zero-order valence-electron chi connectivity index (χ0n) is 18.1. The van der Waals surface area contributed by atoms with E-state index in [2.05, 4.69) is 26.0 Å². The van der Waals surface area contributed by atoms with Gasteiger partial charge in [-0.25, -0.2) is 8.42 Å². The number of carbonyl (C=O) groups excluding carboxylic acids is 1. The first-order valence-corrected chi connectivity index (χ1v) is 12.8. The van der Waals surface area contributed by atoms with Crippen LogP contribution in [0.15, 0.2) is 82.2 Å². The number of ether oxygens (including phenoxy) is 1. The van der Waals surface area contributed by atoms with Gasteiger partial charge in [-0.15, -0.1) is 0 Å². The Kier molecular flexibility index (Phi) is 8.53. The lowest BCUT2D eigenvalue weighted by Crippen LogP contribution is -2.48. The Morgan fingerprint density at radius 1 is 1.06 bits per heavy atom. The molecule has 3 aromatic carbocycles. The molecule has 0 fully saturated rings. The van der Waals surface area contributed by atoms with Gasteiger partial charge < -0.3 is 10.1 Å². The molecule has 0 spiro atoms. The third-order valence-corrected chi connectivity index (χ3v) is 7.35. The maximum Gasteiger partial charge on any atom is 0.241 e. The van der Waals surface area contributed by atoms with E-state index in [1.165, 1.54) is 25.3 Å². The molecule has 0 saturated carbocycles. The van der Waals surface area contributed by atoms with Gasteiger partial charge in [0.25, 0.3) is 0 Å². The molecule has 0 aliphatic carbocycles. The van der Waals surface area contributed by atoms with Gasteiger partial charge in [0.2, 0.25) is 15.9 Å². The molecule has 0 aliphatic heterocycles. The molecule has 0 heterocycles. The molecule has 3 rings (SSSR count). The van der Waals surface area contributed by atoms with E-state index < -0.39 is 22.0 Å². The van der Waals surface area contributed by atoms with Crippen molar-refractivity contribution in [1.82, 2.24) is 10.0 Å². The van der Waals surface area contributed by atoms with Crippen molar-refractivity contribution in [2.45, 2.75) is 30.3 Å². The highest BCUT2D eigenvalue weighted by Gasteiger charge is 2.27. The first-order chi connectivity index (χ1) is 15.7. The molecule has 33 heavy (non-hydrogen) atoms. The Labute approximate surface area is 207 Å². The van der Waals surface area contributed by atoms with E-state index >= 15 is 0 Å². The van der Waals surface area contributed by atoms with Crippen LogP contribution in [0.2, 0.25) is 5.02 Å². The average molecular weight is 552 g/mol. The van der Waals surface area contributed by atoms with Crippen LogP contribution < -0.4 is 14.8 Å². The highest BCUT2D eigenvalue weighted by atomic mass is 79.9. The van der Waals surface area contributed by atoms with Gasteiger partial charge in [-0.3, -0.25) is 4.79 Å². The second-order valence-corrected chi connectivity index (χ2v) is 10.5. The van der Waals surface area contributed by atoms with Crippen LogP contribution >= 0.6 is 27.5 Å². The summed E-state index contributed by atoms with van der Waals surface area (Å²) < 4.78 is 34.7. The van der Waals surface area contributed by atoms with E-state index in [0.29, 0.717) is 5.75 Å². The summed E-state index contributed by atoms with van der Waals surface area (Å²) in [6, 6.07) is 19.6. The second kappa shape index (κ2) is 11.2. The molecule has 0 aliphatic rings. The van der Waals surface area contributed by atoms with E-state index in [4.69, 9.17) is 16.3 Å². The van der Waals surface area contributed by atoms with Crippen LogP contribution in [-0.2, 0) is 21.2 Å². The van der Waals surface area contributed by atoms with Crippen molar-refractivity contribution < 1.29 is 17.9 Å². The molecular formula is C24H24BrClN2O4S. The third kappa shape index (κ3) is 6.80. The molecule has 6 nitrogen and oxygen atoms in total. The lowest BCUT2D eigenvalue weighted by molar-refractivity contribution is -0.123. The molecule has 2 atom stereocenters. The summed E-state index contributed by atoms with van der Waals surface area (Å²) in [6.45, 7) is 1.85. The summed E-state index contributed by atoms with van der Waals surface area (Å²) >= 11 is 9.51. The lowest BCUT2D eigenvalue weighted by Gasteiger charge is -2.22. The Balaban J connectivity index is 1.84. The van der Waals surface area contributed by atoms with Crippen LogP contribution in [0.1, 0.15) is 24.1 Å². The first kappa shape index (κ1) is 25.2. The molecule has 174 valence electrons. The van der Waals surface area contributed by atoms with Crippen LogP contribution in [0.5, 0.6) is 5.75 Å². The van der Waals surface area contributed by atoms with Gasteiger partial charge in [0.15, 0.2) is 0 Å². The number of hydrogen-bond acceptors (Lipinski definition) is 4. The summed E-state index contributed by atoms with van der Waals surface area (Å²) in [7, 11) is -2.59. The number of benzene rings is 3. The van der Waals surface area contributed by atoms with Crippen LogP contribution in [0.25, 0.3) is 0 Å². The number of sulfonamides is 1. The molecular weight excluding hydrogens is 528 g/mol. The van der Waals surface area contributed by atoms with Crippen molar-refractivity contribution in [1.29, 1.82) is 0 Å². The average Bonchev–Trinajstić information content (AvgIpc) is 2.79. The number of carbonyl (C=O) groups is 1. The van der Waals surface area contributed by atoms with Gasteiger partial charge >= 0.3 is 0 Å². The molecule has 0 radical (unpaired) electrons. The van der Waals surface area contributed by atoms with Crippen LogP contribution in [0.3, 0.4) is 0 Å². The summed E-state index contributed by atoms with van der Waals surface area (Å²) in [5.74, 6) is -0.0741. The fourth-order valence-corrected chi connectivity index (χ4v) is 5.06. The number of hydrogen-bond donors (Lipinski definition) is 2. The molecule has 0 saturated heterocycles. The Morgan fingerprint density at radius 3 is 2.33 bits per heavy atom. The zero-order chi connectivity index (χ0) is 24.0. The minimum absolute atomic E-state index is 0.0554. The van der Waals surface area contributed by atoms with Crippen molar-refractivity contribution in [3.05, 3.63) is 93.4 Å². The Hall–Kier alpha value is -2.39. The predicted octanol–water partition coefficient (Wildman–Crippen LogP) is 4.88. The molecule has 1 amide bonds. The Morgan fingerprint density at radius 2 is 1.73 bits per heavy atom. The van der Waals surface area contributed by atoms with Crippen molar-refractivity contribution in [3.8, 4) is 5.75 Å². The van der Waals surface area contributed by atoms with Gasteiger partial charge in [-0.1, -0.05) is 70.0 Å². The Bertz CT molecular complexity index is 1200. The van der Waals surface area contributed by atoms with Gasteiger partial charge in [-0.05, 0) is 54.8 Å². The molecule has 3 aromatic rings. The van der Waals surface area contributed by atoms with Gasteiger partial charge in [-0.2, -0.15) is 4.72 Å². The van der Waals surface area contributed by atoms with Crippen molar-refractivity contribution in [3.63, 3.8) is 0 Å². The number of rotatable bonds is 9. The summed E-state index contributed by atoms with van der Waals surface area (Å²) in [5.41, 5.74) is 1.72. The van der Waals surface area contributed by atoms with Crippen molar-refractivity contribution in [2.75, 3.05) is 7.11 Å². The minimum Gasteiger partial charge on any atom is -0.495 e. The molecule has 0 unspecified atom stereocenters. The van der Waals surface area contributed by atoms with Crippen LogP contribution in [-0.4, -0.2) is 27.5 Å². The molecule has 0 aromatic heterocycles. The second-order valence-electron chi connectivity index (χ2n) is 7.44. The fraction of sp³-hybridized carbons (Fsp3) is 0.208. The van der Waals surface area contributed by atoms with Crippen LogP contribution in [0, 0.1) is 0 Å². The predicted molar refractivity (Wildman–Crippen MR) is 133 cm³/mol. The largest absolute Gasteiger partial charge is 0.495 e. The monoisotopic (exact) mass is 550 g/mol. The topological polar surface area (TPSA) is 84.5 Å². The smallest absolute Gasteiger partial charge is 0.241 e. The van der Waals surface area contributed by atoms with Gasteiger partial charge in [0.1, 0.15) is 11.8 Å². The van der Waals surface area contributed by atoms with Gasteiger partial charge in [0, 0.05) is 4.47 Å². The van der Waals surface area contributed by atoms with E-state index in [-0.39, 0.29) is 22.4 Å². The normalized spacial score (nSPS) is 13.2. The quantitative estimate of drug-likeness (QED) is 0.397. The van der Waals surface area contributed by atoms with Crippen LogP contribution in [0.4, 0.5) is 0 Å². The zero-order valence-corrected chi connectivity index (χ0v) is 21.2. The minimum atomic E-state index is -4.04. The molecule has 9 heteroatoms. The van der Waals surface area contributed by atoms with E-state index in [1.807, 2.05) is 61.5 Å². The maximum atomic E-state index is 13.2. The first-order valence-electron chi connectivity index (χ1n) is 10.1. The number of methoxy groups -OCH3 is 1. The number of nitrogens with one attached hydrogen (secondary N) is 2. The van der Waals surface area contributed by atoms with E-state index in [1.54, 1.807) is 0 Å². The standard InChI is InChI=1S/C24H24BrClN2O4S/c1-16(18-8-10-19(25)11-9-18)27-24(29)22(14-17-6-4-3-5-7-17)28-33(30,31)20-12-13-23(32-2)21(26)15-20/h3-13,15-16,22,28H,14H2,1-2H3,(H,27,29)/t16-,22-/m1/s1. The summed E-state index contributed by atoms with van der Waals surface area (Å²) in [5, 5.41) is 3.07. The molecule has 0 bridgehead atoms. The van der Waals surface area contributed by atoms with Gasteiger partial charge in [0.05, 0.1) is 23.1 Å². The number of amides is 1. The highest BCUT2D eigenvalue weighted by molar-refractivity contribution is 9.10. The van der Waals surface area contributed by atoms with Crippen molar-refractivity contribution in [2.24, 2.45) is 0 Å². The SMILES string of the molecule is COc1ccc(S(=O)(=O)N[C@H](Cc2ccccc2)C(=O)N[C@H](C)c2ccc(Br)cc2)cc1Cl. The summed E-state index contributed by atoms with van der Waals surface area (Å²) in [4.78, 5) is 13.1. The third-order valence-electron chi connectivity index (χ3n) is 5.06. The number of halogens is 2. The van der Waals surface area contributed by atoms with E-state index in [0.717, 1.165) is 15.6 Å². The van der Waals surface area contributed by atoms with Crippen molar-refractivity contribution >= 4 is 43.5 Å². The van der Waals surface area contributed by atoms with E-state index in [9.17, 15) is 13.2 Å². The fourth-order valence-electron chi connectivity index (χ4n) is 3.26. The highest BCUT2D eigenvalue weighted by Crippen LogP contribution is 2.27.